The van der Waals surface area contributed by atoms with E-state index in [0.29, 0.717) is 6.07 Å². The van der Waals surface area contributed by atoms with E-state index in [2.05, 4.69) is 15.3 Å². The van der Waals surface area contributed by atoms with Crippen LogP contribution in [0, 0.1) is 17.9 Å². The van der Waals surface area contributed by atoms with Crippen molar-refractivity contribution in [2.24, 2.45) is 0 Å². The molecule has 0 spiro atoms. The number of alkyl halides is 3. The van der Waals surface area contributed by atoms with Crippen LogP contribution < -0.4 is 5.32 Å². The minimum Gasteiger partial charge on any atom is -0.394 e. The summed E-state index contributed by atoms with van der Waals surface area (Å²) in [6.45, 7) is 8.19. The molecular weight excluding hydrogens is 431 g/mol. The van der Waals surface area contributed by atoms with Gasteiger partial charge in [0.1, 0.15) is 16.1 Å². The Morgan fingerprint density at radius 2 is 2.21 bits per heavy atom. The summed E-state index contributed by atoms with van der Waals surface area (Å²) in [7, 11) is -1.65. The lowest BCUT2D eigenvalue weighted by atomic mass is 9.84. The maximum Gasteiger partial charge on any atom is 0.416 e. The number of anilines is 1. The first kappa shape index (κ1) is 21.1. The van der Waals surface area contributed by atoms with Crippen molar-refractivity contribution in [2.45, 2.75) is 30.0 Å². The predicted molar refractivity (Wildman–Crippen MR) is 99.4 cm³/mol. The van der Waals surface area contributed by atoms with Gasteiger partial charge in [-0.2, -0.15) is 18.4 Å². The number of aliphatic hydroxyl groups excluding tert-OH is 1. The molecule has 3 rings (SSSR count). The zero-order valence-corrected chi connectivity index (χ0v) is 16.4. The molecule has 29 heavy (non-hydrogen) atoms. The fraction of sp³-hybridized carbons (Fsp3) is 0.353. The van der Waals surface area contributed by atoms with Crippen LogP contribution in [0.5, 0.6) is 0 Å². The van der Waals surface area contributed by atoms with E-state index >= 15 is 0 Å². The van der Waals surface area contributed by atoms with Gasteiger partial charge in [0, 0.05) is 22.1 Å². The number of halogens is 4. The van der Waals surface area contributed by atoms with Crippen LogP contribution in [0.15, 0.2) is 17.0 Å². The number of nitriles is 1. The summed E-state index contributed by atoms with van der Waals surface area (Å²) in [5, 5.41) is 25.9. The van der Waals surface area contributed by atoms with E-state index < -0.39 is 41.1 Å². The molecule has 0 fully saturated rings. The maximum absolute atomic E-state index is 13.3. The van der Waals surface area contributed by atoms with Crippen LogP contribution >= 0.6 is 11.6 Å². The highest BCUT2D eigenvalue weighted by atomic mass is 35.5. The molecule has 2 aromatic rings. The highest BCUT2D eigenvalue weighted by Crippen LogP contribution is 2.48. The van der Waals surface area contributed by atoms with Crippen molar-refractivity contribution in [3.8, 4) is 11.8 Å². The molecule has 1 aliphatic rings. The Kier molecular flexibility index (Phi) is 5.34. The second-order valence-corrected chi connectivity index (χ2v) is 8.30. The van der Waals surface area contributed by atoms with E-state index in [1.807, 2.05) is 6.07 Å². The molecule has 0 saturated heterocycles. The summed E-state index contributed by atoms with van der Waals surface area (Å²) in [6, 6.07) is 3.35. The average Bonchev–Trinajstić information content (AvgIpc) is 3.04. The molecule has 0 bridgehead atoms. The van der Waals surface area contributed by atoms with E-state index in [0.717, 1.165) is 10.7 Å². The Hall–Kier alpha value is -2.60. The Morgan fingerprint density at radius 3 is 2.72 bits per heavy atom. The maximum atomic E-state index is 13.3. The normalized spacial score (nSPS) is 18.8. The van der Waals surface area contributed by atoms with Gasteiger partial charge in [-0.3, -0.25) is 4.21 Å². The molecule has 0 amide bonds. The van der Waals surface area contributed by atoms with Gasteiger partial charge in [-0.05, 0) is 17.2 Å². The second kappa shape index (κ2) is 7.34. The van der Waals surface area contributed by atoms with Gasteiger partial charge in [0.05, 0.1) is 29.7 Å². The zero-order valence-electron chi connectivity index (χ0n) is 14.8. The minimum absolute atomic E-state index is 0.0121. The first-order valence-corrected chi connectivity index (χ1v) is 9.89. The lowest BCUT2D eigenvalue weighted by Crippen LogP contribution is -2.44. The van der Waals surface area contributed by atoms with E-state index in [9.17, 15) is 27.7 Å². The Balaban J connectivity index is 2.44. The third kappa shape index (κ3) is 3.25. The lowest BCUT2D eigenvalue weighted by molar-refractivity contribution is -0.137. The smallest absolute Gasteiger partial charge is 0.394 e. The first-order chi connectivity index (χ1) is 13.6. The number of aromatic nitrogens is 2. The number of benzene rings is 1. The first-order valence-electron chi connectivity index (χ1n) is 8.20. The molecule has 1 aliphatic heterocycles. The third-order valence-corrected chi connectivity index (χ3v) is 6.19. The lowest BCUT2D eigenvalue weighted by Gasteiger charge is -2.38. The molecule has 2 N–H and O–H groups in total. The molecule has 0 aliphatic carbocycles. The molecule has 1 aromatic heterocycles. The Bertz CT molecular complexity index is 1100. The number of nitrogens with one attached hydrogen (secondary N) is 1. The summed E-state index contributed by atoms with van der Waals surface area (Å²) in [5.74, 6) is -0.00383. The van der Waals surface area contributed by atoms with Gasteiger partial charge in [-0.25, -0.2) is 0 Å². The topological polar surface area (TPSA) is 95.3 Å². The predicted octanol–water partition coefficient (Wildman–Crippen LogP) is 3.75. The standard InChI is InChI=1S/C17H13ClF3N5O2S/c1-3-29(28)13-14(23-2)25-26-12-10(6-9(7-11(12)18)17(19,20)21)16(8-27,4-5-22)24-15(13)26/h6-7,24,27H,3-4,8H2,1H3. The van der Waals surface area contributed by atoms with Gasteiger partial charge in [-0.15, -0.1) is 4.68 Å². The highest BCUT2D eigenvalue weighted by molar-refractivity contribution is 7.85. The molecule has 2 heterocycles. The van der Waals surface area contributed by atoms with Crippen LogP contribution in [0.25, 0.3) is 10.5 Å². The van der Waals surface area contributed by atoms with E-state index in [-0.39, 0.29) is 38.6 Å². The molecule has 2 unspecified atom stereocenters. The highest BCUT2D eigenvalue weighted by Gasteiger charge is 2.45. The van der Waals surface area contributed by atoms with Gasteiger partial charge in [0.2, 0.25) is 0 Å². The number of aliphatic hydroxyl groups is 1. The van der Waals surface area contributed by atoms with Crippen LogP contribution in [-0.4, -0.2) is 31.5 Å². The van der Waals surface area contributed by atoms with Gasteiger partial charge in [-0.1, -0.05) is 25.1 Å². The summed E-state index contributed by atoms with van der Waals surface area (Å²) in [6.07, 6.45) is -5.13. The zero-order chi connectivity index (χ0) is 21.6. The van der Waals surface area contributed by atoms with Crippen molar-refractivity contribution in [2.75, 3.05) is 17.7 Å². The second-order valence-electron chi connectivity index (χ2n) is 6.21. The van der Waals surface area contributed by atoms with Crippen molar-refractivity contribution < 1.29 is 22.5 Å². The number of rotatable bonds is 4. The molecule has 7 nitrogen and oxygen atoms in total. The monoisotopic (exact) mass is 443 g/mol. The fourth-order valence-corrected chi connectivity index (χ4v) is 4.41. The summed E-state index contributed by atoms with van der Waals surface area (Å²) in [4.78, 5) is 3.30. The Morgan fingerprint density at radius 1 is 1.52 bits per heavy atom. The van der Waals surface area contributed by atoms with Crippen LogP contribution in [0.2, 0.25) is 5.02 Å². The van der Waals surface area contributed by atoms with E-state index in [1.54, 1.807) is 6.92 Å². The molecule has 2 atom stereocenters. The Labute approximate surface area is 171 Å². The average molecular weight is 444 g/mol. The van der Waals surface area contributed by atoms with Crippen molar-refractivity contribution in [3.63, 3.8) is 0 Å². The minimum atomic E-state index is -4.71. The molecule has 0 radical (unpaired) electrons. The van der Waals surface area contributed by atoms with E-state index in [1.165, 1.54) is 0 Å². The summed E-state index contributed by atoms with van der Waals surface area (Å²) in [5.41, 5.74) is -2.82. The molecule has 152 valence electrons. The largest absolute Gasteiger partial charge is 0.416 e. The number of nitrogens with zero attached hydrogens (tertiary/aromatic N) is 4. The van der Waals surface area contributed by atoms with E-state index in [4.69, 9.17) is 18.2 Å². The van der Waals surface area contributed by atoms with Gasteiger partial charge in [0.25, 0.3) is 0 Å². The molecule has 0 saturated carbocycles. The van der Waals surface area contributed by atoms with Gasteiger partial charge >= 0.3 is 12.0 Å². The van der Waals surface area contributed by atoms with Crippen molar-refractivity contribution in [1.82, 2.24) is 9.78 Å². The number of fused-ring (bicyclic) bond motifs is 3. The quantitative estimate of drug-likeness (QED) is 0.702. The summed E-state index contributed by atoms with van der Waals surface area (Å²) < 4.78 is 53.7. The molecule has 12 heteroatoms. The van der Waals surface area contributed by atoms with Crippen LogP contribution in [0.4, 0.5) is 24.8 Å². The summed E-state index contributed by atoms with van der Waals surface area (Å²) >= 11 is 6.18. The van der Waals surface area contributed by atoms with Crippen LogP contribution in [0.1, 0.15) is 24.5 Å². The van der Waals surface area contributed by atoms with Crippen molar-refractivity contribution in [3.05, 3.63) is 39.7 Å². The number of hydrogen-bond acceptors (Lipinski definition) is 5. The molecular formula is C17H13ClF3N5O2S. The van der Waals surface area contributed by atoms with Crippen LogP contribution in [-0.2, 0) is 22.5 Å². The van der Waals surface area contributed by atoms with Crippen LogP contribution in [0.3, 0.4) is 0 Å². The van der Waals surface area contributed by atoms with Crippen molar-refractivity contribution >= 4 is 34.0 Å². The fourth-order valence-electron chi connectivity index (χ4n) is 3.18. The van der Waals surface area contributed by atoms with Crippen molar-refractivity contribution in [1.29, 1.82) is 5.26 Å². The molecule has 1 aromatic carbocycles. The number of hydrogen-bond donors (Lipinski definition) is 2. The van der Waals surface area contributed by atoms with Gasteiger partial charge < -0.3 is 15.3 Å². The SMILES string of the molecule is [C-]#[N+]c1nn2c(c1S(=O)CC)NC(CO)(CC#N)c1cc(C(F)(F)F)cc(Cl)c1-2. The third-order valence-electron chi connectivity index (χ3n) is 4.55. The van der Waals surface area contributed by atoms with Gasteiger partial charge in [0.15, 0.2) is 5.82 Å².